The Morgan fingerprint density at radius 3 is 2.45 bits per heavy atom. The summed E-state index contributed by atoms with van der Waals surface area (Å²) in [5, 5.41) is 12.5. The number of phenols is 1. The minimum Gasteiger partial charge on any atom is -0.508 e. The zero-order chi connectivity index (χ0) is 20.1. The SMILES string of the molecule is O=C(Nc1ncc(-c2ccc(O)cc2)nc1CC1CCCCC1)c1ccccc1. The molecule has 2 aromatic carbocycles. The van der Waals surface area contributed by atoms with Gasteiger partial charge in [-0.25, -0.2) is 9.97 Å². The molecule has 5 heteroatoms. The largest absolute Gasteiger partial charge is 0.508 e. The lowest BCUT2D eigenvalue weighted by Gasteiger charge is -2.22. The van der Waals surface area contributed by atoms with Gasteiger partial charge in [0, 0.05) is 11.1 Å². The van der Waals surface area contributed by atoms with E-state index in [1.165, 1.54) is 32.1 Å². The average molecular weight is 387 g/mol. The monoisotopic (exact) mass is 387 g/mol. The standard InChI is InChI=1S/C24H25N3O2/c28-20-13-11-18(12-14-20)22-16-25-23(27-24(29)19-9-5-2-6-10-19)21(26-22)15-17-7-3-1-4-8-17/h2,5-6,9-14,16-17,28H,1,3-4,7-8,15H2,(H,25,27,29). The molecule has 1 amide bonds. The summed E-state index contributed by atoms with van der Waals surface area (Å²) in [7, 11) is 0. The van der Waals surface area contributed by atoms with Gasteiger partial charge >= 0.3 is 0 Å². The fourth-order valence-electron chi connectivity index (χ4n) is 3.88. The molecule has 148 valence electrons. The van der Waals surface area contributed by atoms with Gasteiger partial charge in [0.05, 0.1) is 17.6 Å². The van der Waals surface area contributed by atoms with Crippen LogP contribution in [0.5, 0.6) is 5.75 Å². The van der Waals surface area contributed by atoms with Crippen LogP contribution in [0.4, 0.5) is 5.82 Å². The molecule has 0 aliphatic heterocycles. The molecule has 2 N–H and O–H groups in total. The number of hydrogen-bond acceptors (Lipinski definition) is 4. The van der Waals surface area contributed by atoms with Crippen LogP contribution < -0.4 is 5.32 Å². The van der Waals surface area contributed by atoms with Crippen molar-refractivity contribution in [1.29, 1.82) is 0 Å². The van der Waals surface area contributed by atoms with Crippen LogP contribution in [0.1, 0.15) is 48.2 Å². The number of rotatable bonds is 5. The molecule has 1 fully saturated rings. The summed E-state index contributed by atoms with van der Waals surface area (Å²) in [5.41, 5.74) is 3.06. The smallest absolute Gasteiger partial charge is 0.256 e. The predicted molar refractivity (Wildman–Crippen MR) is 114 cm³/mol. The van der Waals surface area contributed by atoms with E-state index in [4.69, 9.17) is 4.98 Å². The molecule has 0 spiro atoms. The molecule has 1 aliphatic rings. The lowest BCUT2D eigenvalue weighted by molar-refractivity contribution is 0.102. The molecule has 0 atom stereocenters. The third-order valence-electron chi connectivity index (χ3n) is 5.48. The first-order chi connectivity index (χ1) is 14.2. The molecule has 5 nitrogen and oxygen atoms in total. The summed E-state index contributed by atoms with van der Waals surface area (Å²) in [4.78, 5) is 22.1. The van der Waals surface area contributed by atoms with Crippen molar-refractivity contribution in [2.24, 2.45) is 5.92 Å². The van der Waals surface area contributed by atoms with Crippen LogP contribution in [-0.4, -0.2) is 21.0 Å². The van der Waals surface area contributed by atoms with E-state index in [1.807, 2.05) is 30.3 Å². The summed E-state index contributed by atoms with van der Waals surface area (Å²) in [5.74, 6) is 1.14. The first-order valence-corrected chi connectivity index (χ1v) is 10.2. The molecule has 1 heterocycles. The Kier molecular flexibility index (Phi) is 5.84. The number of nitrogens with one attached hydrogen (secondary N) is 1. The minimum absolute atomic E-state index is 0.179. The third-order valence-corrected chi connectivity index (χ3v) is 5.48. The second-order valence-corrected chi connectivity index (χ2v) is 7.63. The number of aromatic hydroxyl groups is 1. The van der Waals surface area contributed by atoms with Crippen LogP contribution in [-0.2, 0) is 6.42 Å². The van der Waals surface area contributed by atoms with Crippen molar-refractivity contribution in [2.75, 3.05) is 5.32 Å². The Morgan fingerprint density at radius 2 is 1.72 bits per heavy atom. The Morgan fingerprint density at radius 1 is 1.00 bits per heavy atom. The van der Waals surface area contributed by atoms with E-state index in [2.05, 4.69) is 10.3 Å². The van der Waals surface area contributed by atoms with E-state index in [0.29, 0.717) is 17.3 Å². The molecule has 4 rings (SSSR count). The van der Waals surface area contributed by atoms with Crippen molar-refractivity contribution in [2.45, 2.75) is 38.5 Å². The quantitative estimate of drug-likeness (QED) is 0.629. The zero-order valence-electron chi connectivity index (χ0n) is 16.3. The predicted octanol–water partition coefficient (Wildman–Crippen LogP) is 5.22. The van der Waals surface area contributed by atoms with Crippen LogP contribution >= 0.6 is 0 Å². The second-order valence-electron chi connectivity index (χ2n) is 7.63. The number of anilines is 1. The Hall–Kier alpha value is -3.21. The van der Waals surface area contributed by atoms with Crippen molar-refractivity contribution in [3.8, 4) is 17.0 Å². The van der Waals surface area contributed by atoms with Crippen molar-refractivity contribution in [1.82, 2.24) is 9.97 Å². The van der Waals surface area contributed by atoms with Gasteiger partial charge in [0.2, 0.25) is 0 Å². The highest BCUT2D eigenvalue weighted by atomic mass is 16.3. The van der Waals surface area contributed by atoms with Crippen LogP contribution in [0.3, 0.4) is 0 Å². The van der Waals surface area contributed by atoms with Gasteiger partial charge in [0.15, 0.2) is 5.82 Å². The number of phenolic OH excluding ortho intramolecular Hbond substituents is 1. The van der Waals surface area contributed by atoms with E-state index < -0.39 is 0 Å². The van der Waals surface area contributed by atoms with Crippen molar-refractivity contribution in [3.05, 3.63) is 72.1 Å². The van der Waals surface area contributed by atoms with Gasteiger partial charge in [-0.05, 0) is 48.7 Å². The average Bonchev–Trinajstić information content (AvgIpc) is 2.77. The van der Waals surface area contributed by atoms with Gasteiger partial charge in [-0.1, -0.05) is 50.3 Å². The zero-order valence-corrected chi connectivity index (χ0v) is 16.3. The second kappa shape index (κ2) is 8.86. The van der Waals surface area contributed by atoms with Gasteiger partial charge in [-0.3, -0.25) is 4.79 Å². The maximum absolute atomic E-state index is 12.6. The van der Waals surface area contributed by atoms with E-state index in [9.17, 15) is 9.90 Å². The number of amides is 1. The Labute approximate surface area is 170 Å². The van der Waals surface area contributed by atoms with Crippen molar-refractivity contribution >= 4 is 11.7 Å². The first kappa shape index (κ1) is 19.1. The van der Waals surface area contributed by atoms with Gasteiger partial charge in [0.1, 0.15) is 5.75 Å². The van der Waals surface area contributed by atoms with Crippen LogP contribution in [0.2, 0.25) is 0 Å². The molecule has 1 aromatic heterocycles. The van der Waals surface area contributed by atoms with Crippen molar-refractivity contribution in [3.63, 3.8) is 0 Å². The highest BCUT2D eigenvalue weighted by molar-refractivity contribution is 6.04. The molecule has 0 bridgehead atoms. The maximum atomic E-state index is 12.6. The number of carbonyl (C=O) groups is 1. The highest BCUT2D eigenvalue weighted by Crippen LogP contribution is 2.29. The minimum atomic E-state index is -0.179. The summed E-state index contributed by atoms with van der Waals surface area (Å²) < 4.78 is 0. The van der Waals surface area contributed by atoms with Crippen molar-refractivity contribution < 1.29 is 9.90 Å². The summed E-state index contributed by atoms with van der Waals surface area (Å²) in [6, 6.07) is 16.1. The van der Waals surface area contributed by atoms with Crippen LogP contribution in [0, 0.1) is 5.92 Å². The number of hydrogen-bond donors (Lipinski definition) is 2. The van der Waals surface area contributed by atoms with E-state index in [-0.39, 0.29) is 11.7 Å². The third kappa shape index (κ3) is 4.80. The molecule has 1 aliphatic carbocycles. The van der Waals surface area contributed by atoms with E-state index in [1.54, 1.807) is 30.5 Å². The topological polar surface area (TPSA) is 75.1 Å². The number of aromatic nitrogens is 2. The Bertz CT molecular complexity index is 965. The fraction of sp³-hybridized carbons (Fsp3) is 0.292. The maximum Gasteiger partial charge on any atom is 0.256 e. The van der Waals surface area contributed by atoms with Gasteiger partial charge in [-0.15, -0.1) is 0 Å². The molecule has 0 radical (unpaired) electrons. The lowest BCUT2D eigenvalue weighted by atomic mass is 9.86. The highest BCUT2D eigenvalue weighted by Gasteiger charge is 2.19. The molecule has 0 unspecified atom stereocenters. The molecular weight excluding hydrogens is 362 g/mol. The number of nitrogens with zero attached hydrogens (tertiary/aromatic N) is 2. The Balaban J connectivity index is 1.63. The van der Waals surface area contributed by atoms with Gasteiger partial charge in [0.25, 0.3) is 5.91 Å². The van der Waals surface area contributed by atoms with Gasteiger partial charge in [-0.2, -0.15) is 0 Å². The molecule has 29 heavy (non-hydrogen) atoms. The molecule has 0 saturated heterocycles. The number of carbonyl (C=O) groups excluding carboxylic acids is 1. The summed E-state index contributed by atoms with van der Waals surface area (Å²) in [6.45, 7) is 0. The summed E-state index contributed by atoms with van der Waals surface area (Å²) >= 11 is 0. The van der Waals surface area contributed by atoms with Crippen LogP contribution in [0.15, 0.2) is 60.8 Å². The van der Waals surface area contributed by atoms with Crippen LogP contribution in [0.25, 0.3) is 11.3 Å². The van der Waals surface area contributed by atoms with E-state index in [0.717, 1.165) is 23.4 Å². The first-order valence-electron chi connectivity index (χ1n) is 10.2. The number of benzene rings is 2. The molecule has 1 saturated carbocycles. The summed E-state index contributed by atoms with van der Waals surface area (Å²) in [6.07, 6.45) is 8.67. The fourth-order valence-corrected chi connectivity index (χ4v) is 3.88. The lowest BCUT2D eigenvalue weighted by Crippen LogP contribution is -2.18. The molecular formula is C24H25N3O2. The van der Waals surface area contributed by atoms with Gasteiger partial charge < -0.3 is 10.4 Å². The molecule has 3 aromatic rings. The normalized spacial score (nSPS) is 14.5. The van der Waals surface area contributed by atoms with E-state index >= 15 is 0 Å².